The van der Waals surface area contributed by atoms with Crippen molar-refractivity contribution in [3.63, 3.8) is 0 Å². The molecular weight excluding hydrogens is 265 g/mol. The predicted molar refractivity (Wildman–Crippen MR) is 70.6 cm³/mol. The number of nitro benzene ring substituents is 1. The molecule has 1 aromatic carbocycles. The van der Waals surface area contributed by atoms with Crippen LogP contribution in [0, 0.1) is 10.1 Å². The first-order valence-electron chi connectivity index (χ1n) is 4.95. The zero-order valence-electron chi connectivity index (χ0n) is 9.14. The van der Waals surface area contributed by atoms with Gasteiger partial charge in [-0.3, -0.25) is 10.1 Å². The van der Waals surface area contributed by atoms with E-state index in [2.05, 4.69) is 0 Å². The van der Waals surface area contributed by atoms with Crippen LogP contribution >= 0.6 is 24.0 Å². The largest absolute Gasteiger partial charge is 0.330 e. The van der Waals surface area contributed by atoms with Crippen molar-refractivity contribution in [3.8, 4) is 0 Å². The van der Waals surface area contributed by atoms with Crippen LogP contribution in [0.2, 0.25) is 5.02 Å². The number of nitro groups is 1. The SMILES string of the molecule is Cl.NCCC[C@H](N)c1cc([N+](=O)[O-])ccc1Cl. The van der Waals surface area contributed by atoms with Gasteiger partial charge in [-0.25, -0.2) is 0 Å². The van der Waals surface area contributed by atoms with Gasteiger partial charge >= 0.3 is 0 Å². The lowest BCUT2D eigenvalue weighted by molar-refractivity contribution is -0.384. The van der Waals surface area contributed by atoms with Crippen molar-refractivity contribution in [2.75, 3.05) is 6.54 Å². The molecule has 1 atom stereocenters. The van der Waals surface area contributed by atoms with E-state index in [1.165, 1.54) is 18.2 Å². The molecule has 0 bridgehead atoms. The van der Waals surface area contributed by atoms with E-state index in [1.54, 1.807) is 0 Å². The van der Waals surface area contributed by atoms with Crippen molar-refractivity contribution < 1.29 is 4.92 Å². The molecule has 7 heteroatoms. The van der Waals surface area contributed by atoms with Crippen molar-refractivity contribution in [2.45, 2.75) is 18.9 Å². The van der Waals surface area contributed by atoms with Gasteiger partial charge in [0.15, 0.2) is 0 Å². The van der Waals surface area contributed by atoms with Crippen molar-refractivity contribution in [1.82, 2.24) is 0 Å². The Labute approximate surface area is 111 Å². The molecule has 0 radical (unpaired) electrons. The monoisotopic (exact) mass is 279 g/mol. The number of non-ortho nitro benzene ring substituents is 1. The minimum atomic E-state index is -0.463. The number of halogens is 2. The summed E-state index contributed by atoms with van der Waals surface area (Å²) in [6.07, 6.45) is 1.43. The van der Waals surface area contributed by atoms with Gasteiger partial charge in [0.2, 0.25) is 0 Å². The molecule has 96 valence electrons. The summed E-state index contributed by atoms with van der Waals surface area (Å²) in [5.41, 5.74) is 11.9. The van der Waals surface area contributed by atoms with E-state index in [4.69, 9.17) is 23.1 Å². The van der Waals surface area contributed by atoms with Crippen LogP contribution in [0.5, 0.6) is 0 Å². The molecule has 0 aromatic heterocycles. The summed E-state index contributed by atoms with van der Waals surface area (Å²) < 4.78 is 0. The number of rotatable bonds is 5. The molecule has 0 saturated carbocycles. The molecule has 0 aliphatic rings. The minimum absolute atomic E-state index is 0. The highest BCUT2D eigenvalue weighted by molar-refractivity contribution is 6.31. The maximum atomic E-state index is 10.6. The molecule has 0 aliphatic heterocycles. The van der Waals surface area contributed by atoms with Gasteiger partial charge in [-0.05, 0) is 31.0 Å². The molecule has 0 unspecified atom stereocenters. The van der Waals surface area contributed by atoms with E-state index in [-0.39, 0.29) is 24.1 Å². The molecule has 4 N–H and O–H groups in total. The smallest absolute Gasteiger partial charge is 0.269 e. The Morgan fingerprint density at radius 2 is 2.12 bits per heavy atom. The van der Waals surface area contributed by atoms with Gasteiger partial charge < -0.3 is 11.5 Å². The van der Waals surface area contributed by atoms with Crippen LogP contribution in [-0.2, 0) is 0 Å². The molecule has 0 amide bonds. The molecule has 1 aromatic rings. The van der Waals surface area contributed by atoms with Gasteiger partial charge in [0.25, 0.3) is 5.69 Å². The topological polar surface area (TPSA) is 95.2 Å². The van der Waals surface area contributed by atoms with Crippen LogP contribution in [-0.4, -0.2) is 11.5 Å². The summed E-state index contributed by atoms with van der Waals surface area (Å²) in [6, 6.07) is 3.97. The second kappa shape index (κ2) is 7.45. The molecule has 0 aliphatic carbocycles. The molecule has 17 heavy (non-hydrogen) atoms. The number of hydrogen-bond donors (Lipinski definition) is 2. The number of benzene rings is 1. The van der Waals surface area contributed by atoms with Gasteiger partial charge in [-0.2, -0.15) is 0 Å². The van der Waals surface area contributed by atoms with Crippen molar-refractivity contribution >= 4 is 29.7 Å². The van der Waals surface area contributed by atoms with Crippen molar-refractivity contribution in [1.29, 1.82) is 0 Å². The number of nitrogens with two attached hydrogens (primary N) is 2. The molecule has 0 heterocycles. The van der Waals surface area contributed by atoms with Crippen LogP contribution in [0.3, 0.4) is 0 Å². The Hall–Kier alpha value is -0.880. The molecule has 0 fully saturated rings. The first-order valence-corrected chi connectivity index (χ1v) is 5.33. The summed E-state index contributed by atoms with van der Waals surface area (Å²) in [5, 5.41) is 11.1. The normalized spacial score (nSPS) is 11.7. The fourth-order valence-corrected chi connectivity index (χ4v) is 1.68. The van der Waals surface area contributed by atoms with Crippen LogP contribution in [0.1, 0.15) is 24.4 Å². The zero-order valence-corrected chi connectivity index (χ0v) is 10.7. The second-order valence-corrected chi connectivity index (χ2v) is 3.91. The highest BCUT2D eigenvalue weighted by Crippen LogP contribution is 2.28. The van der Waals surface area contributed by atoms with Crippen LogP contribution < -0.4 is 11.5 Å². The van der Waals surface area contributed by atoms with Gasteiger partial charge in [0.1, 0.15) is 0 Å². The zero-order chi connectivity index (χ0) is 12.1. The number of nitrogens with zero attached hydrogens (tertiary/aromatic N) is 1. The van der Waals surface area contributed by atoms with Crippen LogP contribution in [0.15, 0.2) is 18.2 Å². The fourth-order valence-electron chi connectivity index (χ4n) is 1.42. The third-order valence-electron chi connectivity index (χ3n) is 2.31. The first-order chi connectivity index (χ1) is 7.56. The Kier molecular flexibility index (Phi) is 7.06. The van der Waals surface area contributed by atoms with Crippen LogP contribution in [0.4, 0.5) is 5.69 Å². The molecule has 1 rings (SSSR count). The standard InChI is InChI=1S/C10H14ClN3O2.ClH/c11-9-4-3-7(14(15)16)6-8(9)10(13)2-1-5-12;/h3-4,6,10H,1-2,5,12-13H2;1H/t10-;/m0./s1. The highest BCUT2D eigenvalue weighted by Gasteiger charge is 2.14. The summed E-state index contributed by atoms with van der Waals surface area (Å²) in [6.45, 7) is 0.542. The Bertz CT molecular complexity index is 388. The molecular formula is C10H15Cl2N3O2. The molecule has 0 spiro atoms. The van der Waals surface area contributed by atoms with Crippen molar-refractivity contribution in [2.24, 2.45) is 11.5 Å². The average molecular weight is 280 g/mol. The molecule has 5 nitrogen and oxygen atoms in total. The fraction of sp³-hybridized carbons (Fsp3) is 0.400. The highest BCUT2D eigenvalue weighted by atomic mass is 35.5. The van der Waals surface area contributed by atoms with Gasteiger partial charge in [-0.1, -0.05) is 11.6 Å². The van der Waals surface area contributed by atoms with Crippen LogP contribution in [0.25, 0.3) is 0 Å². The quantitative estimate of drug-likeness (QED) is 0.639. The molecule has 0 saturated heterocycles. The average Bonchev–Trinajstić information content (AvgIpc) is 2.26. The lowest BCUT2D eigenvalue weighted by atomic mass is 10.0. The van der Waals surface area contributed by atoms with E-state index in [0.717, 1.165) is 6.42 Å². The Balaban J connectivity index is 0.00000256. The predicted octanol–water partition coefficient (Wildman–Crippen LogP) is 2.41. The van der Waals surface area contributed by atoms with Gasteiger partial charge in [0, 0.05) is 23.2 Å². The maximum Gasteiger partial charge on any atom is 0.269 e. The second-order valence-electron chi connectivity index (χ2n) is 3.50. The third-order valence-corrected chi connectivity index (χ3v) is 2.65. The Morgan fingerprint density at radius 1 is 1.47 bits per heavy atom. The third kappa shape index (κ3) is 4.47. The summed E-state index contributed by atoms with van der Waals surface area (Å²) in [7, 11) is 0. The van der Waals surface area contributed by atoms with E-state index >= 15 is 0 Å². The lowest BCUT2D eigenvalue weighted by Crippen LogP contribution is -2.13. The number of hydrogen-bond acceptors (Lipinski definition) is 4. The van der Waals surface area contributed by atoms with Gasteiger partial charge in [-0.15, -0.1) is 12.4 Å². The summed E-state index contributed by atoms with van der Waals surface area (Å²) in [5.74, 6) is 0. The summed E-state index contributed by atoms with van der Waals surface area (Å²) >= 11 is 5.94. The van der Waals surface area contributed by atoms with E-state index < -0.39 is 4.92 Å². The maximum absolute atomic E-state index is 10.6. The van der Waals surface area contributed by atoms with E-state index in [1.807, 2.05) is 0 Å². The van der Waals surface area contributed by atoms with E-state index in [0.29, 0.717) is 23.6 Å². The first kappa shape index (κ1) is 16.1. The van der Waals surface area contributed by atoms with E-state index in [9.17, 15) is 10.1 Å². The summed E-state index contributed by atoms with van der Waals surface area (Å²) in [4.78, 5) is 10.1. The minimum Gasteiger partial charge on any atom is -0.330 e. The van der Waals surface area contributed by atoms with Crippen molar-refractivity contribution in [3.05, 3.63) is 38.9 Å². The lowest BCUT2D eigenvalue weighted by Gasteiger charge is -2.12. The van der Waals surface area contributed by atoms with Gasteiger partial charge in [0.05, 0.1) is 4.92 Å². The Morgan fingerprint density at radius 3 is 2.65 bits per heavy atom.